The van der Waals surface area contributed by atoms with Crippen LogP contribution in [0.15, 0.2) is 28.1 Å². The molecule has 0 aliphatic carbocycles. The molecule has 0 radical (unpaired) electrons. The van der Waals surface area contributed by atoms with Crippen LogP contribution < -0.4 is 5.73 Å². The maximum absolute atomic E-state index is 6.19. The molecule has 2 aromatic rings. The number of aromatic nitrogens is 2. The maximum Gasteiger partial charge on any atom is 0.134 e. The first-order chi connectivity index (χ1) is 9.38. The monoisotopic (exact) mass is 327 g/mol. The van der Waals surface area contributed by atoms with Gasteiger partial charge in [-0.25, -0.2) is 9.97 Å². The molecular formula is C14H15Cl2N3S. The van der Waals surface area contributed by atoms with Gasteiger partial charge in [0.25, 0.3) is 0 Å². The van der Waals surface area contributed by atoms with Gasteiger partial charge in [0.1, 0.15) is 16.7 Å². The fourth-order valence-electron chi connectivity index (χ4n) is 1.55. The second kappa shape index (κ2) is 6.20. The molecule has 0 amide bonds. The highest BCUT2D eigenvalue weighted by Gasteiger charge is 2.14. The molecule has 0 atom stereocenters. The molecule has 2 N–H and O–H groups in total. The fourth-order valence-corrected chi connectivity index (χ4v) is 2.97. The molecule has 1 aromatic carbocycles. The third-order valence-electron chi connectivity index (χ3n) is 2.77. The Balaban J connectivity index is 2.45. The van der Waals surface area contributed by atoms with E-state index in [1.807, 2.05) is 26.8 Å². The van der Waals surface area contributed by atoms with E-state index >= 15 is 0 Å². The van der Waals surface area contributed by atoms with Crippen LogP contribution in [0.3, 0.4) is 0 Å². The van der Waals surface area contributed by atoms with Crippen molar-refractivity contribution in [1.82, 2.24) is 9.97 Å². The Kier molecular flexibility index (Phi) is 4.78. The second-order valence-electron chi connectivity index (χ2n) is 4.73. The molecule has 0 saturated heterocycles. The first kappa shape index (κ1) is 15.4. The lowest BCUT2D eigenvalue weighted by Crippen LogP contribution is -2.05. The van der Waals surface area contributed by atoms with Crippen molar-refractivity contribution < 1.29 is 0 Å². The quantitative estimate of drug-likeness (QED) is 0.810. The predicted molar refractivity (Wildman–Crippen MR) is 85.9 cm³/mol. The lowest BCUT2D eigenvalue weighted by atomic mass is 10.2. The molecule has 1 aromatic heterocycles. The predicted octanol–water partition coefficient (Wildman–Crippen LogP) is 4.95. The van der Waals surface area contributed by atoms with Crippen LogP contribution in [0.4, 0.5) is 5.82 Å². The standard InChI is InChI=1S/C14H15Cl2N3S/c1-7(2)13-18-12(17)8(3)14(19-13)20-11-6-9(15)4-5-10(11)16/h4-7H,1-3H3,(H2,17,18,19). The summed E-state index contributed by atoms with van der Waals surface area (Å²) in [4.78, 5) is 9.73. The van der Waals surface area contributed by atoms with Gasteiger partial charge < -0.3 is 5.73 Å². The summed E-state index contributed by atoms with van der Waals surface area (Å²) in [5.41, 5.74) is 6.81. The van der Waals surface area contributed by atoms with Gasteiger partial charge in [0.15, 0.2) is 0 Å². The summed E-state index contributed by atoms with van der Waals surface area (Å²) < 4.78 is 0. The third-order valence-corrected chi connectivity index (χ3v) is 4.60. The largest absolute Gasteiger partial charge is 0.383 e. The zero-order chi connectivity index (χ0) is 14.9. The van der Waals surface area contributed by atoms with Crippen molar-refractivity contribution in [2.45, 2.75) is 36.6 Å². The summed E-state index contributed by atoms with van der Waals surface area (Å²) in [5.74, 6) is 1.45. The number of benzene rings is 1. The van der Waals surface area contributed by atoms with E-state index in [4.69, 9.17) is 28.9 Å². The Hall–Kier alpha value is -0.970. The molecule has 6 heteroatoms. The molecule has 0 fully saturated rings. The minimum absolute atomic E-state index is 0.215. The number of nitrogen functional groups attached to an aromatic ring is 1. The molecule has 3 nitrogen and oxygen atoms in total. The van der Waals surface area contributed by atoms with Crippen LogP contribution in [0.5, 0.6) is 0 Å². The van der Waals surface area contributed by atoms with Crippen LogP contribution in [-0.2, 0) is 0 Å². The Bertz CT molecular complexity index is 645. The first-order valence-corrected chi connectivity index (χ1v) is 7.72. The number of halogens is 2. The molecule has 20 heavy (non-hydrogen) atoms. The van der Waals surface area contributed by atoms with Crippen molar-refractivity contribution >= 4 is 40.8 Å². The van der Waals surface area contributed by atoms with E-state index in [0.717, 1.165) is 21.3 Å². The molecule has 0 spiro atoms. The molecule has 1 heterocycles. The van der Waals surface area contributed by atoms with Gasteiger partial charge in [-0.15, -0.1) is 0 Å². The van der Waals surface area contributed by atoms with Gasteiger partial charge in [0.05, 0.1) is 5.02 Å². The van der Waals surface area contributed by atoms with E-state index in [9.17, 15) is 0 Å². The highest BCUT2D eigenvalue weighted by Crippen LogP contribution is 2.36. The number of nitrogens with two attached hydrogens (primary N) is 1. The molecule has 0 aliphatic heterocycles. The van der Waals surface area contributed by atoms with Crippen molar-refractivity contribution in [2.75, 3.05) is 5.73 Å². The molecule has 0 saturated carbocycles. The zero-order valence-corrected chi connectivity index (χ0v) is 13.8. The molecule has 0 aliphatic rings. The summed E-state index contributed by atoms with van der Waals surface area (Å²) in [5, 5.41) is 2.09. The van der Waals surface area contributed by atoms with Crippen LogP contribution in [0, 0.1) is 6.92 Å². The third kappa shape index (κ3) is 3.37. The van der Waals surface area contributed by atoms with Crippen molar-refractivity contribution in [2.24, 2.45) is 0 Å². The van der Waals surface area contributed by atoms with E-state index in [-0.39, 0.29) is 5.92 Å². The van der Waals surface area contributed by atoms with Crippen LogP contribution >= 0.6 is 35.0 Å². The molecule has 106 valence electrons. The van der Waals surface area contributed by atoms with E-state index in [1.54, 1.807) is 12.1 Å². The van der Waals surface area contributed by atoms with E-state index in [1.165, 1.54) is 11.8 Å². The summed E-state index contributed by atoms with van der Waals surface area (Å²) in [7, 11) is 0. The number of nitrogens with zero attached hydrogens (tertiary/aromatic N) is 2. The van der Waals surface area contributed by atoms with Gasteiger partial charge in [0.2, 0.25) is 0 Å². The number of anilines is 1. The molecule has 0 bridgehead atoms. The van der Waals surface area contributed by atoms with Crippen molar-refractivity contribution in [3.05, 3.63) is 39.6 Å². The fraction of sp³-hybridized carbons (Fsp3) is 0.286. The minimum Gasteiger partial charge on any atom is -0.383 e. The number of hydrogen-bond acceptors (Lipinski definition) is 4. The smallest absolute Gasteiger partial charge is 0.134 e. The maximum atomic E-state index is 6.19. The average molecular weight is 328 g/mol. The second-order valence-corrected chi connectivity index (χ2v) is 6.60. The highest BCUT2D eigenvalue weighted by molar-refractivity contribution is 7.99. The van der Waals surface area contributed by atoms with Crippen LogP contribution in [0.25, 0.3) is 0 Å². The summed E-state index contributed by atoms with van der Waals surface area (Å²) in [6, 6.07) is 5.35. The van der Waals surface area contributed by atoms with Gasteiger partial charge in [0, 0.05) is 21.4 Å². The van der Waals surface area contributed by atoms with Gasteiger partial charge in [-0.2, -0.15) is 0 Å². The normalized spacial score (nSPS) is 11.1. The highest BCUT2D eigenvalue weighted by atomic mass is 35.5. The van der Waals surface area contributed by atoms with E-state index in [2.05, 4.69) is 9.97 Å². The van der Waals surface area contributed by atoms with Gasteiger partial charge in [-0.1, -0.05) is 48.8 Å². The van der Waals surface area contributed by atoms with Crippen molar-refractivity contribution in [3.8, 4) is 0 Å². The molecule has 2 rings (SSSR count). The number of rotatable bonds is 3. The Morgan fingerprint density at radius 2 is 1.90 bits per heavy atom. The topological polar surface area (TPSA) is 51.8 Å². The summed E-state index contributed by atoms with van der Waals surface area (Å²) >= 11 is 13.6. The Morgan fingerprint density at radius 3 is 2.55 bits per heavy atom. The first-order valence-electron chi connectivity index (χ1n) is 6.15. The van der Waals surface area contributed by atoms with Crippen LogP contribution in [-0.4, -0.2) is 9.97 Å². The van der Waals surface area contributed by atoms with Gasteiger partial charge in [-0.3, -0.25) is 0 Å². The number of hydrogen-bond donors (Lipinski definition) is 1. The van der Waals surface area contributed by atoms with Crippen molar-refractivity contribution in [1.29, 1.82) is 0 Å². The van der Waals surface area contributed by atoms with Gasteiger partial charge in [-0.05, 0) is 25.1 Å². The summed E-state index contributed by atoms with van der Waals surface area (Å²) in [6.07, 6.45) is 0. The van der Waals surface area contributed by atoms with Crippen LogP contribution in [0.2, 0.25) is 10.0 Å². The van der Waals surface area contributed by atoms with Crippen LogP contribution in [0.1, 0.15) is 31.2 Å². The van der Waals surface area contributed by atoms with Gasteiger partial charge >= 0.3 is 0 Å². The average Bonchev–Trinajstić information content (AvgIpc) is 2.38. The van der Waals surface area contributed by atoms with E-state index in [0.29, 0.717) is 15.9 Å². The minimum atomic E-state index is 0.215. The molecular weight excluding hydrogens is 313 g/mol. The lowest BCUT2D eigenvalue weighted by Gasteiger charge is -2.12. The summed E-state index contributed by atoms with van der Waals surface area (Å²) in [6.45, 7) is 5.97. The Morgan fingerprint density at radius 1 is 1.20 bits per heavy atom. The van der Waals surface area contributed by atoms with E-state index < -0.39 is 0 Å². The van der Waals surface area contributed by atoms with Crippen molar-refractivity contribution in [3.63, 3.8) is 0 Å². The lowest BCUT2D eigenvalue weighted by molar-refractivity contribution is 0.751. The molecule has 0 unspecified atom stereocenters. The zero-order valence-electron chi connectivity index (χ0n) is 11.4. The Labute approximate surface area is 132 Å². The SMILES string of the molecule is Cc1c(N)nc(C(C)C)nc1Sc1cc(Cl)ccc1Cl.